The van der Waals surface area contributed by atoms with Gasteiger partial charge in [0, 0.05) is 18.4 Å². The van der Waals surface area contributed by atoms with Crippen molar-refractivity contribution in [1.29, 1.82) is 0 Å². The van der Waals surface area contributed by atoms with Crippen LogP contribution in [0.15, 0.2) is 0 Å². The van der Waals surface area contributed by atoms with Gasteiger partial charge in [0.2, 0.25) is 0 Å². The van der Waals surface area contributed by atoms with Crippen molar-refractivity contribution in [3.8, 4) is 0 Å². The summed E-state index contributed by atoms with van der Waals surface area (Å²) in [5, 5.41) is 12.6. The van der Waals surface area contributed by atoms with Crippen molar-refractivity contribution in [3.63, 3.8) is 0 Å². The van der Waals surface area contributed by atoms with E-state index in [9.17, 15) is 13.5 Å². The zero-order valence-electron chi connectivity index (χ0n) is 11.6. The summed E-state index contributed by atoms with van der Waals surface area (Å²) in [7, 11) is -2.90. The molecule has 5 heteroatoms. The number of hydrogen-bond donors (Lipinski definition) is 2. The molecule has 0 saturated heterocycles. The van der Waals surface area contributed by atoms with Gasteiger partial charge in [-0.2, -0.15) is 0 Å². The van der Waals surface area contributed by atoms with Gasteiger partial charge in [-0.1, -0.05) is 19.8 Å². The normalized spacial score (nSPS) is 27.1. The van der Waals surface area contributed by atoms with Gasteiger partial charge in [0.1, 0.15) is 0 Å². The summed E-state index contributed by atoms with van der Waals surface area (Å²) in [6.45, 7) is 4.69. The molecule has 0 spiro atoms. The van der Waals surface area contributed by atoms with Crippen LogP contribution >= 0.6 is 0 Å². The largest absolute Gasteiger partial charge is 0.396 e. The van der Waals surface area contributed by atoms with Crippen molar-refractivity contribution in [2.75, 3.05) is 24.7 Å². The van der Waals surface area contributed by atoms with E-state index in [1.807, 2.05) is 6.92 Å². The van der Waals surface area contributed by atoms with Crippen molar-refractivity contribution in [1.82, 2.24) is 5.32 Å². The van der Waals surface area contributed by atoms with Crippen molar-refractivity contribution >= 4 is 9.84 Å². The predicted octanol–water partition coefficient (Wildman–Crippen LogP) is 1.20. The monoisotopic (exact) mass is 277 g/mol. The number of rotatable bonds is 7. The Labute approximate surface area is 111 Å². The highest BCUT2D eigenvalue weighted by Gasteiger charge is 2.25. The topological polar surface area (TPSA) is 66.4 Å². The number of hydrogen-bond acceptors (Lipinski definition) is 4. The molecule has 1 aliphatic carbocycles. The van der Waals surface area contributed by atoms with E-state index in [-0.39, 0.29) is 24.2 Å². The van der Waals surface area contributed by atoms with Gasteiger partial charge in [0.05, 0.1) is 5.75 Å². The fourth-order valence-electron chi connectivity index (χ4n) is 2.70. The molecule has 0 aromatic carbocycles. The highest BCUT2D eigenvalue weighted by atomic mass is 32.2. The van der Waals surface area contributed by atoms with Crippen LogP contribution < -0.4 is 5.32 Å². The summed E-state index contributed by atoms with van der Waals surface area (Å²) in [6, 6.07) is -0.00350. The minimum atomic E-state index is -2.90. The van der Waals surface area contributed by atoms with Gasteiger partial charge in [-0.15, -0.1) is 0 Å². The van der Waals surface area contributed by atoms with E-state index in [0.717, 1.165) is 19.4 Å². The van der Waals surface area contributed by atoms with Gasteiger partial charge in [0.15, 0.2) is 9.84 Å². The Bertz CT molecular complexity index is 329. The molecular weight excluding hydrogens is 250 g/mol. The van der Waals surface area contributed by atoms with Crippen molar-refractivity contribution in [3.05, 3.63) is 0 Å². The second-order valence-electron chi connectivity index (χ2n) is 5.50. The molecule has 0 aliphatic heterocycles. The summed E-state index contributed by atoms with van der Waals surface area (Å²) < 4.78 is 23.0. The number of nitrogens with one attached hydrogen (secondary N) is 1. The van der Waals surface area contributed by atoms with E-state index in [1.165, 1.54) is 12.8 Å². The molecule has 0 heterocycles. The van der Waals surface area contributed by atoms with Crippen molar-refractivity contribution < 1.29 is 13.5 Å². The average molecular weight is 277 g/mol. The third-order valence-electron chi connectivity index (χ3n) is 3.97. The van der Waals surface area contributed by atoms with E-state index < -0.39 is 9.84 Å². The van der Waals surface area contributed by atoms with Crippen molar-refractivity contribution in [2.24, 2.45) is 11.8 Å². The summed E-state index contributed by atoms with van der Waals surface area (Å²) in [5.74, 6) is 1.30. The van der Waals surface area contributed by atoms with E-state index >= 15 is 0 Å². The van der Waals surface area contributed by atoms with Gasteiger partial charge in [-0.3, -0.25) is 0 Å². The lowest BCUT2D eigenvalue weighted by Crippen LogP contribution is -2.39. The molecule has 1 fully saturated rings. The Morgan fingerprint density at radius 1 is 1.28 bits per heavy atom. The first kappa shape index (κ1) is 15.9. The van der Waals surface area contributed by atoms with Gasteiger partial charge < -0.3 is 10.4 Å². The van der Waals surface area contributed by atoms with Crippen LogP contribution in [-0.2, 0) is 9.84 Å². The molecule has 108 valence electrons. The van der Waals surface area contributed by atoms with Crippen LogP contribution in [0.1, 0.15) is 39.5 Å². The second kappa shape index (κ2) is 7.46. The van der Waals surface area contributed by atoms with Crippen molar-refractivity contribution in [2.45, 2.75) is 45.6 Å². The third-order valence-corrected chi connectivity index (χ3v) is 5.86. The number of sulfone groups is 1. The molecule has 0 amide bonds. The fourth-order valence-corrected chi connectivity index (χ4v) is 3.82. The van der Waals surface area contributed by atoms with E-state index in [2.05, 4.69) is 5.32 Å². The van der Waals surface area contributed by atoms with Gasteiger partial charge in [-0.25, -0.2) is 8.42 Å². The Balaban J connectivity index is 2.35. The highest BCUT2D eigenvalue weighted by molar-refractivity contribution is 7.91. The molecule has 1 aliphatic rings. The Kier molecular flexibility index (Phi) is 6.60. The Hall–Kier alpha value is -0.130. The lowest BCUT2D eigenvalue weighted by Gasteiger charge is -2.31. The van der Waals surface area contributed by atoms with Crippen LogP contribution in [0, 0.1) is 11.8 Å². The molecule has 3 unspecified atom stereocenters. The number of aliphatic hydroxyl groups is 1. The predicted molar refractivity (Wildman–Crippen MR) is 74.3 cm³/mol. The summed E-state index contributed by atoms with van der Waals surface area (Å²) in [6.07, 6.45) is 4.68. The molecule has 2 N–H and O–H groups in total. The van der Waals surface area contributed by atoms with Crippen LogP contribution in [0.25, 0.3) is 0 Å². The van der Waals surface area contributed by atoms with E-state index in [0.29, 0.717) is 11.8 Å². The van der Waals surface area contributed by atoms with Crippen LogP contribution in [0.4, 0.5) is 0 Å². The van der Waals surface area contributed by atoms with Crippen LogP contribution in [0.2, 0.25) is 0 Å². The van der Waals surface area contributed by atoms with Gasteiger partial charge in [0.25, 0.3) is 0 Å². The molecular formula is C13H27NO3S. The lowest BCUT2D eigenvalue weighted by molar-refractivity contribution is 0.132. The van der Waals surface area contributed by atoms with Crippen LogP contribution in [0.5, 0.6) is 0 Å². The lowest BCUT2D eigenvalue weighted by atomic mass is 9.79. The highest BCUT2D eigenvalue weighted by Crippen LogP contribution is 2.29. The van der Waals surface area contributed by atoms with Gasteiger partial charge >= 0.3 is 0 Å². The first-order valence-electron chi connectivity index (χ1n) is 7.03. The van der Waals surface area contributed by atoms with E-state index in [4.69, 9.17) is 0 Å². The average Bonchev–Trinajstić information content (AvgIpc) is 2.36. The summed E-state index contributed by atoms with van der Waals surface area (Å²) >= 11 is 0. The Morgan fingerprint density at radius 3 is 2.44 bits per heavy atom. The minimum absolute atomic E-state index is 0.00350. The van der Waals surface area contributed by atoms with E-state index in [1.54, 1.807) is 6.92 Å². The fraction of sp³-hybridized carbons (Fsp3) is 1.00. The maximum absolute atomic E-state index is 11.5. The summed E-state index contributed by atoms with van der Waals surface area (Å²) in [4.78, 5) is 0. The molecule has 3 atom stereocenters. The zero-order chi connectivity index (χ0) is 13.6. The molecule has 0 radical (unpaired) electrons. The maximum Gasteiger partial charge on any atom is 0.151 e. The zero-order valence-corrected chi connectivity index (χ0v) is 12.4. The molecule has 0 bridgehead atoms. The molecule has 1 rings (SSSR count). The second-order valence-corrected chi connectivity index (χ2v) is 7.89. The van der Waals surface area contributed by atoms with Gasteiger partial charge in [-0.05, 0) is 38.1 Å². The minimum Gasteiger partial charge on any atom is -0.396 e. The molecule has 18 heavy (non-hydrogen) atoms. The van der Waals surface area contributed by atoms with Crippen LogP contribution in [-0.4, -0.2) is 44.2 Å². The Morgan fingerprint density at radius 2 is 1.89 bits per heavy atom. The molecule has 0 aromatic rings. The third kappa shape index (κ3) is 5.24. The van der Waals surface area contributed by atoms with Crippen LogP contribution in [0.3, 0.4) is 0 Å². The molecule has 4 nitrogen and oxygen atoms in total. The first-order chi connectivity index (χ1) is 8.48. The number of aliphatic hydroxyl groups excluding tert-OH is 1. The first-order valence-corrected chi connectivity index (χ1v) is 8.85. The molecule has 1 saturated carbocycles. The maximum atomic E-state index is 11.5. The SMILES string of the molecule is CCS(=O)(=O)CC(C)NCC1CCCCC1CO. The standard InChI is InChI=1S/C13H27NO3S/c1-3-18(16,17)10-11(2)14-8-12-6-4-5-7-13(12)9-15/h11-15H,3-10H2,1-2H3. The smallest absolute Gasteiger partial charge is 0.151 e. The quantitative estimate of drug-likeness (QED) is 0.734. The molecule has 0 aromatic heterocycles. The summed E-state index contributed by atoms with van der Waals surface area (Å²) in [5.41, 5.74) is 0.